The highest BCUT2D eigenvalue weighted by atomic mass is 15.3. The minimum absolute atomic E-state index is 0.118. The van der Waals surface area contributed by atoms with Crippen LogP contribution in [0.25, 0.3) is 0 Å². The molecule has 1 atom stereocenters. The van der Waals surface area contributed by atoms with Crippen LogP contribution in [0.5, 0.6) is 0 Å². The second kappa shape index (κ2) is 11.8. The summed E-state index contributed by atoms with van der Waals surface area (Å²) in [6.07, 6.45) is 17.7. The number of nitrogens with two attached hydrogens (primary N) is 1. The van der Waals surface area contributed by atoms with Gasteiger partial charge >= 0.3 is 0 Å². The quantitative estimate of drug-likeness (QED) is 0.426. The molecule has 3 heteroatoms. The Bertz CT molecular complexity index is 308. The van der Waals surface area contributed by atoms with Gasteiger partial charge in [0, 0.05) is 13.0 Å². The zero-order valence-electron chi connectivity index (χ0n) is 14.2. The fraction of sp³-hybridized carbons (Fsp3) is 0.833. The van der Waals surface area contributed by atoms with E-state index in [1.807, 2.05) is 0 Å². The summed E-state index contributed by atoms with van der Waals surface area (Å²) in [4.78, 5) is 6.83. The van der Waals surface area contributed by atoms with E-state index in [9.17, 15) is 0 Å². The summed E-state index contributed by atoms with van der Waals surface area (Å²) in [7, 11) is 0. The summed E-state index contributed by atoms with van der Waals surface area (Å²) in [6.45, 7) is 6.23. The van der Waals surface area contributed by atoms with E-state index < -0.39 is 0 Å². The molecule has 0 aromatic carbocycles. The van der Waals surface area contributed by atoms with Gasteiger partial charge in [0.25, 0.3) is 0 Å². The summed E-state index contributed by atoms with van der Waals surface area (Å²) >= 11 is 0. The van der Waals surface area contributed by atoms with Crippen molar-refractivity contribution in [3.63, 3.8) is 0 Å². The topological polar surface area (TPSA) is 41.6 Å². The lowest BCUT2D eigenvalue weighted by Crippen LogP contribution is -2.41. The Balaban J connectivity index is 1.91. The van der Waals surface area contributed by atoms with Crippen LogP contribution in [0.15, 0.2) is 17.1 Å². The maximum atomic E-state index is 5.96. The van der Waals surface area contributed by atoms with E-state index in [1.165, 1.54) is 63.6 Å². The van der Waals surface area contributed by atoms with Gasteiger partial charge in [-0.2, -0.15) is 0 Å². The molecule has 0 amide bonds. The van der Waals surface area contributed by atoms with E-state index in [0.717, 1.165) is 19.5 Å². The molecule has 2 N–H and O–H groups in total. The van der Waals surface area contributed by atoms with Crippen LogP contribution in [0.4, 0.5) is 0 Å². The van der Waals surface area contributed by atoms with Gasteiger partial charge in [0.1, 0.15) is 5.84 Å². The lowest BCUT2D eigenvalue weighted by atomic mass is 10.1. The number of aliphatic imine (C=N–C) groups is 1. The highest BCUT2D eigenvalue weighted by Crippen LogP contribution is 2.13. The molecule has 0 aromatic heterocycles. The van der Waals surface area contributed by atoms with Crippen LogP contribution in [0.3, 0.4) is 0 Å². The Morgan fingerprint density at radius 2 is 1.76 bits per heavy atom. The highest BCUT2D eigenvalue weighted by Gasteiger charge is 2.18. The van der Waals surface area contributed by atoms with Crippen molar-refractivity contribution < 1.29 is 0 Å². The summed E-state index contributed by atoms with van der Waals surface area (Å²) < 4.78 is 0. The molecule has 3 nitrogen and oxygen atoms in total. The maximum absolute atomic E-state index is 5.96. The number of rotatable bonds is 12. The Labute approximate surface area is 131 Å². The van der Waals surface area contributed by atoms with Crippen molar-refractivity contribution >= 4 is 5.84 Å². The molecule has 122 valence electrons. The lowest BCUT2D eigenvalue weighted by Gasteiger charge is -2.24. The second-order valence-electron chi connectivity index (χ2n) is 6.15. The number of nitrogens with zero attached hydrogens (tertiary/aromatic N) is 2. The molecule has 1 aliphatic heterocycles. The van der Waals surface area contributed by atoms with Crippen LogP contribution < -0.4 is 5.73 Å². The van der Waals surface area contributed by atoms with Gasteiger partial charge in [0.15, 0.2) is 0 Å². The number of unbranched alkanes of at least 4 members (excludes halogenated alkanes) is 7. The second-order valence-corrected chi connectivity index (χ2v) is 6.15. The SMILES string of the molecule is CCC/C=C/CCCCCCCCC1=NCCN1C(C)N. The lowest BCUT2D eigenvalue weighted by molar-refractivity contribution is 0.358. The zero-order valence-corrected chi connectivity index (χ0v) is 14.2. The molecule has 0 radical (unpaired) electrons. The Morgan fingerprint density at radius 1 is 1.10 bits per heavy atom. The minimum atomic E-state index is 0.118. The molecule has 0 aromatic rings. The Hall–Kier alpha value is -0.830. The van der Waals surface area contributed by atoms with Crippen molar-refractivity contribution in [2.24, 2.45) is 10.7 Å². The fourth-order valence-corrected chi connectivity index (χ4v) is 2.82. The predicted octanol–water partition coefficient (Wildman–Crippen LogP) is 4.48. The van der Waals surface area contributed by atoms with E-state index in [0.29, 0.717) is 0 Å². The van der Waals surface area contributed by atoms with Gasteiger partial charge in [-0.15, -0.1) is 0 Å². The van der Waals surface area contributed by atoms with E-state index in [2.05, 4.69) is 35.9 Å². The fourth-order valence-electron chi connectivity index (χ4n) is 2.82. The van der Waals surface area contributed by atoms with Gasteiger partial charge in [-0.05, 0) is 32.6 Å². The molecule has 1 unspecified atom stereocenters. The van der Waals surface area contributed by atoms with Crippen molar-refractivity contribution in [1.29, 1.82) is 0 Å². The van der Waals surface area contributed by atoms with Crippen LogP contribution in [0.1, 0.15) is 78.1 Å². The van der Waals surface area contributed by atoms with E-state index in [-0.39, 0.29) is 6.17 Å². The first kappa shape index (κ1) is 18.2. The molecule has 0 fully saturated rings. The van der Waals surface area contributed by atoms with E-state index in [1.54, 1.807) is 0 Å². The van der Waals surface area contributed by atoms with Crippen molar-refractivity contribution in [2.45, 2.75) is 84.2 Å². The number of amidine groups is 1. The molecule has 0 saturated heterocycles. The van der Waals surface area contributed by atoms with E-state index in [4.69, 9.17) is 5.73 Å². The molecular formula is C18H35N3. The maximum Gasteiger partial charge on any atom is 0.100 e. The van der Waals surface area contributed by atoms with Crippen LogP contribution in [-0.2, 0) is 0 Å². The molecule has 0 aliphatic carbocycles. The summed E-state index contributed by atoms with van der Waals surface area (Å²) in [5.41, 5.74) is 5.96. The van der Waals surface area contributed by atoms with Crippen LogP contribution in [0.2, 0.25) is 0 Å². The van der Waals surface area contributed by atoms with Gasteiger partial charge in [0.2, 0.25) is 0 Å². The predicted molar refractivity (Wildman–Crippen MR) is 93.6 cm³/mol. The number of allylic oxidation sites excluding steroid dienone is 2. The van der Waals surface area contributed by atoms with Crippen molar-refractivity contribution in [1.82, 2.24) is 4.90 Å². The molecule has 0 bridgehead atoms. The first-order valence-electron chi connectivity index (χ1n) is 8.96. The third-order valence-electron chi connectivity index (χ3n) is 4.10. The average molecular weight is 293 g/mol. The third kappa shape index (κ3) is 8.25. The van der Waals surface area contributed by atoms with Crippen LogP contribution in [-0.4, -0.2) is 30.0 Å². The van der Waals surface area contributed by atoms with Gasteiger partial charge in [-0.25, -0.2) is 0 Å². The van der Waals surface area contributed by atoms with Gasteiger partial charge in [-0.1, -0.05) is 51.2 Å². The molecule has 0 spiro atoms. The number of hydrogen-bond donors (Lipinski definition) is 1. The van der Waals surface area contributed by atoms with Crippen molar-refractivity contribution in [3.8, 4) is 0 Å². The van der Waals surface area contributed by atoms with Gasteiger partial charge < -0.3 is 10.6 Å². The standard InChI is InChI=1S/C18H35N3/c1-3-4-5-6-7-8-9-10-11-12-13-14-18-20-15-16-21(18)17(2)19/h5-6,17H,3-4,7-16,19H2,1-2H3/b6-5+. The van der Waals surface area contributed by atoms with E-state index >= 15 is 0 Å². The van der Waals surface area contributed by atoms with Gasteiger partial charge in [-0.3, -0.25) is 4.99 Å². The minimum Gasteiger partial charge on any atom is -0.343 e. The molecule has 1 aliphatic rings. The molecule has 0 saturated carbocycles. The van der Waals surface area contributed by atoms with Crippen LogP contribution in [0, 0.1) is 0 Å². The average Bonchev–Trinajstić information content (AvgIpc) is 2.93. The summed E-state index contributed by atoms with van der Waals surface area (Å²) in [5.74, 6) is 1.24. The van der Waals surface area contributed by atoms with Crippen molar-refractivity contribution in [3.05, 3.63) is 12.2 Å². The molecule has 1 heterocycles. The van der Waals surface area contributed by atoms with Crippen molar-refractivity contribution in [2.75, 3.05) is 13.1 Å². The highest BCUT2D eigenvalue weighted by molar-refractivity contribution is 5.83. The number of hydrogen-bond acceptors (Lipinski definition) is 3. The Kier molecular flexibility index (Phi) is 10.2. The largest absolute Gasteiger partial charge is 0.343 e. The first-order chi connectivity index (χ1) is 10.3. The van der Waals surface area contributed by atoms with Gasteiger partial charge in [0.05, 0.1) is 12.7 Å². The molecule has 1 rings (SSSR count). The normalized spacial score (nSPS) is 16.7. The molecule has 21 heavy (non-hydrogen) atoms. The Morgan fingerprint density at radius 3 is 2.48 bits per heavy atom. The molecular weight excluding hydrogens is 258 g/mol. The zero-order chi connectivity index (χ0) is 15.3. The van der Waals surface area contributed by atoms with Crippen LogP contribution >= 0.6 is 0 Å². The smallest absolute Gasteiger partial charge is 0.100 e. The third-order valence-corrected chi connectivity index (χ3v) is 4.10. The first-order valence-corrected chi connectivity index (χ1v) is 8.96. The summed E-state index contributed by atoms with van der Waals surface area (Å²) in [6, 6.07) is 0. The summed E-state index contributed by atoms with van der Waals surface area (Å²) in [5, 5.41) is 0. The monoisotopic (exact) mass is 293 g/mol.